The number of nitrogens with one attached hydrogen (secondary N) is 2. The van der Waals surface area contributed by atoms with Gasteiger partial charge in [-0.1, -0.05) is 34.1 Å². The maximum atomic E-state index is 12.0. The van der Waals surface area contributed by atoms with E-state index in [1.54, 1.807) is 0 Å². The Hall–Kier alpha value is -0.570. The summed E-state index contributed by atoms with van der Waals surface area (Å²) in [6, 6.07) is 0.0358. The van der Waals surface area contributed by atoms with E-state index in [0.717, 1.165) is 31.8 Å². The largest absolute Gasteiger partial charge is 0.355 e. The highest BCUT2D eigenvalue weighted by molar-refractivity contribution is 5.81. The molecule has 2 unspecified atom stereocenters. The predicted molar refractivity (Wildman–Crippen MR) is 71.9 cm³/mol. The first kappa shape index (κ1) is 14.5. The smallest absolute Gasteiger partial charge is 0.237 e. The van der Waals surface area contributed by atoms with Crippen molar-refractivity contribution in [3.63, 3.8) is 0 Å². The summed E-state index contributed by atoms with van der Waals surface area (Å²) in [5, 5.41) is 6.37. The van der Waals surface area contributed by atoms with Gasteiger partial charge in [0.1, 0.15) is 0 Å². The Morgan fingerprint density at radius 3 is 2.71 bits per heavy atom. The monoisotopic (exact) mass is 240 g/mol. The van der Waals surface area contributed by atoms with E-state index in [1.165, 1.54) is 12.8 Å². The molecule has 0 aliphatic carbocycles. The fourth-order valence-corrected chi connectivity index (χ4v) is 2.25. The Balaban J connectivity index is 2.27. The first-order chi connectivity index (χ1) is 7.92. The first-order valence-electron chi connectivity index (χ1n) is 6.93. The van der Waals surface area contributed by atoms with Gasteiger partial charge in [-0.05, 0) is 37.1 Å². The molecular weight excluding hydrogens is 212 g/mol. The van der Waals surface area contributed by atoms with Crippen LogP contribution in [0.15, 0.2) is 0 Å². The lowest BCUT2D eigenvalue weighted by Crippen LogP contribution is -2.49. The minimum atomic E-state index is 0.0358. The van der Waals surface area contributed by atoms with Crippen LogP contribution in [0.1, 0.15) is 53.4 Å². The van der Waals surface area contributed by atoms with E-state index in [-0.39, 0.29) is 11.9 Å². The van der Waals surface area contributed by atoms with E-state index >= 15 is 0 Å². The van der Waals surface area contributed by atoms with E-state index in [1.807, 2.05) is 0 Å². The molecule has 1 aliphatic rings. The molecule has 1 aliphatic heterocycles. The van der Waals surface area contributed by atoms with E-state index in [4.69, 9.17) is 0 Å². The summed E-state index contributed by atoms with van der Waals surface area (Å²) in [6.45, 7) is 10.6. The number of carbonyl (C=O) groups is 1. The number of carbonyl (C=O) groups excluding carboxylic acids is 1. The second-order valence-corrected chi connectivity index (χ2v) is 6.41. The van der Waals surface area contributed by atoms with Crippen molar-refractivity contribution in [3.05, 3.63) is 0 Å². The number of hydrogen-bond donors (Lipinski definition) is 2. The van der Waals surface area contributed by atoms with Crippen LogP contribution in [0.4, 0.5) is 0 Å². The molecule has 0 radical (unpaired) electrons. The standard InChI is InChI=1S/C14H28N2O/c1-5-11-6-8-15-12(10-11)13(17)16-9-7-14(2,3)4/h11-12,15H,5-10H2,1-4H3,(H,16,17). The number of hydrogen-bond acceptors (Lipinski definition) is 2. The number of amides is 1. The lowest BCUT2D eigenvalue weighted by atomic mass is 9.89. The highest BCUT2D eigenvalue weighted by Gasteiger charge is 2.25. The molecule has 2 N–H and O–H groups in total. The van der Waals surface area contributed by atoms with Crippen molar-refractivity contribution in [3.8, 4) is 0 Å². The van der Waals surface area contributed by atoms with Gasteiger partial charge in [0.05, 0.1) is 6.04 Å². The Kier molecular flexibility index (Phi) is 5.44. The summed E-state index contributed by atoms with van der Waals surface area (Å²) in [6.07, 6.45) is 4.43. The summed E-state index contributed by atoms with van der Waals surface area (Å²) >= 11 is 0. The van der Waals surface area contributed by atoms with Crippen molar-refractivity contribution in [2.24, 2.45) is 11.3 Å². The summed E-state index contributed by atoms with van der Waals surface area (Å²) in [4.78, 5) is 12.0. The molecule has 0 aromatic carbocycles. The zero-order valence-electron chi connectivity index (χ0n) is 11.8. The SMILES string of the molecule is CCC1CCNC(C(=O)NCCC(C)(C)C)C1. The second-order valence-electron chi connectivity index (χ2n) is 6.41. The second kappa shape index (κ2) is 6.39. The van der Waals surface area contributed by atoms with Crippen molar-refractivity contribution in [2.75, 3.05) is 13.1 Å². The molecule has 0 saturated carbocycles. The van der Waals surface area contributed by atoms with Crippen LogP contribution in [0.3, 0.4) is 0 Å². The average molecular weight is 240 g/mol. The van der Waals surface area contributed by atoms with Gasteiger partial charge >= 0.3 is 0 Å². The predicted octanol–water partition coefficient (Wildman–Crippen LogP) is 2.32. The molecule has 3 heteroatoms. The lowest BCUT2D eigenvalue weighted by molar-refractivity contribution is -0.124. The third-order valence-electron chi connectivity index (χ3n) is 3.58. The number of piperidine rings is 1. The normalized spacial score (nSPS) is 25.6. The van der Waals surface area contributed by atoms with Crippen molar-refractivity contribution in [1.29, 1.82) is 0 Å². The van der Waals surface area contributed by atoms with Gasteiger partial charge in [0.2, 0.25) is 5.91 Å². The molecule has 100 valence electrons. The summed E-state index contributed by atoms with van der Waals surface area (Å²) in [5.41, 5.74) is 0.291. The van der Waals surface area contributed by atoms with Crippen LogP contribution in [-0.4, -0.2) is 25.0 Å². The van der Waals surface area contributed by atoms with E-state index in [9.17, 15) is 4.79 Å². The topological polar surface area (TPSA) is 41.1 Å². The van der Waals surface area contributed by atoms with E-state index < -0.39 is 0 Å². The molecule has 0 aromatic heterocycles. The van der Waals surface area contributed by atoms with Gasteiger partial charge in [-0.2, -0.15) is 0 Å². The van der Waals surface area contributed by atoms with Crippen molar-refractivity contribution >= 4 is 5.91 Å². The number of rotatable bonds is 4. The highest BCUT2D eigenvalue weighted by atomic mass is 16.2. The minimum Gasteiger partial charge on any atom is -0.355 e. The molecule has 1 amide bonds. The Labute approximate surface area is 106 Å². The van der Waals surface area contributed by atoms with Crippen LogP contribution in [0.25, 0.3) is 0 Å². The van der Waals surface area contributed by atoms with Crippen LogP contribution in [0, 0.1) is 11.3 Å². The van der Waals surface area contributed by atoms with Gasteiger partial charge in [0.25, 0.3) is 0 Å². The van der Waals surface area contributed by atoms with Crippen molar-refractivity contribution in [2.45, 2.75) is 59.4 Å². The van der Waals surface area contributed by atoms with Crippen molar-refractivity contribution in [1.82, 2.24) is 10.6 Å². The van der Waals surface area contributed by atoms with Gasteiger partial charge in [0.15, 0.2) is 0 Å². The molecule has 1 saturated heterocycles. The fourth-order valence-electron chi connectivity index (χ4n) is 2.25. The van der Waals surface area contributed by atoms with Gasteiger partial charge in [-0.3, -0.25) is 4.79 Å². The Morgan fingerprint density at radius 2 is 2.12 bits per heavy atom. The quantitative estimate of drug-likeness (QED) is 0.792. The van der Waals surface area contributed by atoms with Crippen LogP contribution in [0.5, 0.6) is 0 Å². The van der Waals surface area contributed by atoms with Crippen LogP contribution in [0.2, 0.25) is 0 Å². The summed E-state index contributed by atoms with van der Waals surface area (Å²) < 4.78 is 0. The van der Waals surface area contributed by atoms with Crippen LogP contribution in [-0.2, 0) is 4.79 Å². The third-order valence-corrected chi connectivity index (χ3v) is 3.58. The van der Waals surface area contributed by atoms with Crippen LogP contribution >= 0.6 is 0 Å². The van der Waals surface area contributed by atoms with Gasteiger partial charge in [-0.15, -0.1) is 0 Å². The maximum absolute atomic E-state index is 12.0. The highest BCUT2D eigenvalue weighted by Crippen LogP contribution is 2.20. The third kappa shape index (κ3) is 5.53. The molecule has 3 nitrogen and oxygen atoms in total. The fraction of sp³-hybridized carbons (Fsp3) is 0.929. The summed E-state index contributed by atoms with van der Waals surface area (Å²) in [5.74, 6) is 0.905. The molecule has 2 atom stereocenters. The van der Waals surface area contributed by atoms with Gasteiger partial charge < -0.3 is 10.6 Å². The molecule has 0 aromatic rings. The van der Waals surface area contributed by atoms with Crippen LogP contribution < -0.4 is 10.6 Å². The molecule has 0 spiro atoms. The van der Waals surface area contributed by atoms with Gasteiger partial charge in [0, 0.05) is 6.54 Å². The minimum absolute atomic E-state index is 0.0358. The molecule has 1 heterocycles. The van der Waals surface area contributed by atoms with E-state index in [0.29, 0.717) is 5.41 Å². The molecule has 0 bridgehead atoms. The first-order valence-corrected chi connectivity index (χ1v) is 6.93. The summed E-state index contributed by atoms with van der Waals surface area (Å²) in [7, 11) is 0. The zero-order chi connectivity index (χ0) is 12.9. The Bertz CT molecular complexity index is 245. The maximum Gasteiger partial charge on any atom is 0.237 e. The lowest BCUT2D eigenvalue weighted by Gasteiger charge is -2.29. The van der Waals surface area contributed by atoms with E-state index in [2.05, 4.69) is 38.3 Å². The zero-order valence-corrected chi connectivity index (χ0v) is 11.8. The average Bonchev–Trinajstić information content (AvgIpc) is 2.27. The molecular formula is C14H28N2O. The van der Waals surface area contributed by atoms with Crippen molar-refractivity contribution < 1.29 is 4.79 Å². The molecule has 17 heavy (non-hydrogen) atoms. The molecule has 1 fully saturated rings. The van der Waals surface area contributed by atoms with Gasteiger partial charge in [-0.25, -0.2) is 0 Å². The molecule has 1 rings (SSSR count). The Morgan fingerprint density at radius 1 is 1.41 bits per heavy atom.